The number of hydrogen-bond donors (Lipinski definition) is 2. The smallest absolute Gasteiger partial charge is 0.383 e. The predicted molar refractivity (Wildman–Crippen MR) is 172 cm³/mol. The molecule has 2 aliphatic carbocycles. The van der Waals surface area contributed by atoms with E-state index < -0.39 is 17.6 Å². The van der Waals surface area contributed by atoms with E-state index in [4.69, 9.17) is 10.8 Å². The fraction of sp³-hybridized carbons (Fsp3) is 0.471. The third-order valence-corrected chi connectivity index (χ3v) is 9.47. The first kappa shape index (κ1) is 31.8. The van der Waals surface area contributed by atoms with Gasteiger partial charge in [-0.2, -0.15) is 18.3 Å². The fourth-order valence-corrected chi connectivity index (χ4v) is 6.52. The maximum atomic E-state index is 14.1. The Bertz CT molecular complexity index is 1770. The number of benzene rings is 1. The largest absolute Gasteiger partial charge is 0.416 e. The fourth-order valence-electron chi connectivity index (χ4n) is 6.52. The molecule has 1 saturated carbocycles. The lowest BCUT2D eigenvalue weighted by Gasteiger charge is -2.33. The molecule has 6 rings (SSSR count). The standard InChI is InChI=1S/C34H39F3N8O/c1-21-16-25(33(46)41-26-10-8-24(28(18-26)34(35,36)37)19-44-14-12-43(3)13-15-44)17-23(22(21)2)9-11-29-30-31(38)39-20-40-32(30)45(42-29)27-6-4-5-7-27/h8,10,17-18,20-21,27H,4-7,12-16,19H2,1-3H3,(H,41,46)(H2,38,39,40). The van der Waals surface area contributed by atoms with Crippen molar-refractivity contribution in [1.82, 2.24) is 29.5 Å². The zero-order chi connectivity index (χ0) is 32.6. The summed E-state index contributed by atoms with van der Waals surface area (Å²) in [6, 6.07) is 4.29. The van der Waals surface area contributed by atoms with Crippen molar-refractivity contribution in [2.45, 2.75) is 64.7 Å². The second kappa shape index (κ2) is 12.9. The van der Waals surface area contributed by atoms with Crippen LogP contribution in [-0.4, -0.2) is 68.7 Å². The Morgan fingerprint density at radius 3 is 2.57 bits per heavy atom. The van der Waals surface area contributed by atoms with Crippen LogP contribution in [0, 0.1) is 17.8 Å². The van der Waals surface area contributed by atoms with E-state index in [1.165, 1.54) is 12.4 Å². The third kappa shape index (κ3) is 6.66. The number of amides is 1. The Morgan fingerprint density at radius 1 is 1.11 bits per heavy atom. The number of likely N-dealkylation sites (N-methyl/N-ethyl adjacent to an activating group) is 1. The summed E-state index contributed by atoms with van der Waals surface area (Å²) in [5.41, 5.74) is 9.08. The van der Waals surface area contributed by atoms with Crippen LogP contribution in [0.1, 0.15) is 68.8 Å². The lowest BCUT2D eigenvalue weighted by atomic mass is 9.84. The van der Waals surface area contributed by atoms with E-state index in [1.54, 1.807) is 12.1 Å². The summed E-state index contributed by atoms with van der Waals surface area (Å²) >= 11 is 0. The molecule has 9 nitrogen and oxygen atoms in total. The van der Waals surface area contributed by atoms with Gasteiger partial charge in [0, 0.05) is 49.6 Å². The van der Waals surface area contributed by atoms with Crippen LogP contribution < -0.4 is 11.1 Å². The summed E-state index contributed by atoms with van der Waals surface area (Å²) in [6.45, 7) is 7.21. The van der Waals surface area contributed by atoms with Gasteiger partial charge in [0.15, 0.2) is 5.65 Å². The first-order valence-electron chi connectivity index (χ1n) is 15.8. The molecule has 1 aliphatic heterocycles. The van der Waals surface area contributed by atoms with E-state index in [1.807, 2.05) is 30.5 Å². The molecule has 12 heteroatoms. The van der Waals surface area contributed by atoms with Crippen molar-refractivity contribution in [3.05, 3.63) is 64.1 Å². The van der Waals surface area contributed by atoms with Crippen molar-refractivity contribution in [3.8, 4) is 11.8 Å². The number of fused-ring (bicyclic) bond motifs is 1. The number of carbonyl (C=O) groups is 1. The van der Waals surface area contributed by atoms with Gasteiger partial charge in [-0.25, -0.2) is 14.6 Å². The van der Waals surface area contributed by atoms with E-state index >= 15 is 0 Å². The van der Waals surface area contributed by atoms with Gasteiger partial charge in [-0.3, -0.25) is 9.69 Å². The number of nitrogen functional groups attached to an aromatic ring is 1. The highest BCUT2D eigenvalue weighted by molar-refractivity contribution is 6.04. The van der Waals surface area contributed by atoms with Gasteiger partial charge in [0.1, 0.15) is 17.8 Å². The van der Waals surface area contributed by atoms with Crippen molar-refractivity contribution < 1.29 is 18.0 Å². The Morgan fingerprint density at radius 2 is 1.85 bits per heavy atom. The average molecular weight is 633 g/mol. The average Bonchev–Trinajstić information content (AvgIpc) is 3.68. The number of halogens is 3. The molecule has 1 aromatic carbocycles. The van der Waals surface area contributed by atoms with Gasteiger partial charge in [0.2, 0.25) is 0 Å². The number of nitrogens with zero attached hydrogens (tertiary/aromatic N) is 6. The van der Waals surface area contributed by atoms with Gasteiger partial charge in [-0.05, 0) is 68.8 Å². The van der Waals surface area contributed by atoms with Crippen LogP contribution in [0.4, 0.5) is 24.7 Å². The molecular formula is C34H39F3N8O. The number of anilines is 2. The molecule has 2 aromatic heterocycles. The summed E-state index contributed by atoms with van der Waals surface area (Å²) in [7, 11) is 2.00. The minimum Gasteiger partial charge on any atom is -0.383 e. The molecule has 0 spiro atoms. The minimum absolute atomic E-state index is 0.00735. The Hall–Kier alpha value is -4.21. The van der Waals surface area contributed by atoms with Gasteiger partial charge >= 0.3 is 6.18 Å². The molecule has 1 atom stereocenters. The van der Waals surface area contributed by atoms with Crippen LogP contribution in [0.25, 0.3) is 11.0 Å². The normalized spacial score (nSPS) is 20.1. The van der Waals surface area contributed by atoms with E-state index in [0.717, 1.165) is 50.4 Å². The molecule has 2 fully saturated rings. The van der Waals surface area contributed by atoms with Crippen molar-refractivity contribution in [2.24, 2.45) is 5.92 Å². The quantitative estimate of drug-likeness (QED) is 0.355. The highest BCUT2D eigenvalue weighted by Crippen LogP contribution is 2.36. The van der Waals surface area contributed by atoms with Gasteiger partial charge in [-0.1, -0.05) is 37.3 Å². The second-order valence-electron chi connectivity index (χ2n) is 12.7. The van der Waals surface area contributed by atoms with Crippen LogP contribution in [0.3, 0.4) is 0 Å². The highest BCUT2D eigenvalue weighted by Gasteiger charge is 2.34. The molecule has 1 unspecified atom stereocenters. The van der Waals surface area contributed by atoms with Crippen molar-refractivity contribution >= 4 is 28.4 Å². The molecule has 1 saturated heterocycles. The topological polar surface area (TPSA) is 105 Å². The molecule has 3 aromatic rings. The first-order chi connectivity index (χ1) is 22.0. The molecule has 3 aliphatic rings. The van der Waals surface area contributed by atoms with Gasteiger partial charge in [0.05, 0.1) is 17.0 Å². The van der Waals surface area contributed by atoms with Gasteiger partial charge < -0.3 is 16.0 Å². The van der Waals surface area contributed by atoms with E-state index in [9.17, 15) is 18.0 Å². The summed E-state index contributed by atoms with van der Waals surface area (Å²) in [5.74, 6) is 6.22. The van der Waals surface area contributed by atoms with Crippen LogP contribution in [-0.2, 0) is 17.5 Å². The van der Waals surface area contributed by atoms with E-state index in [-0.39, 0.29) is 29.8 Å². The predicted octanol–water partition coefficient (Wildman–Crippen LogP) is 5.56. The molecule has 3 heterocycles. The number of hydrogen-bond acceptors (Lipinski definition) is 7. The number of rotatable bonds is 5. The number of carbonyl (C=O) groups excluding carboxylic acids is 1. The molecule has 3 N–H and O–H groups in total. The SMILES string of the molecule is CC1=C(C#Cc2nn(C3CCCC3)c3ncnc(N)c23)C=C(C(=O)Nc2ccc(CN3CCN(C)CC3)c(C(F)(F)F)c2)CC1C. The van der Waals surface area contributed by atoms with Gasteiger partial charge in [0.25, 0.3) is 5.91 Å². The summed E-state index contributed by atoms with van der Waals surface area (Å²) in [5, 5.41) is 8.11. The number of piperazine rings is 1. The molecule has 0 radical (unpaired) electrons. The van der Waals surface area contributed by atoms with Crippen molar-refractivity contribution in [1.29, 1.82) is 0 Å². The maximum Gasteiger partial charge on any atom is 0.416 e. The Labute approximate surface area is 266 Å². The van der Waals surface area contributed by atoms with Crippen LogP contribution >= 0.6 is 0 Å². The number of alkyl halides is 3. The number of allylic oxidation sites excluding steroid dienone is 3. The molecule has 242 valence electrons. The summed E-state index contributed by atoms with van der Waals surface area (Å²) in [4.78, 5) is 26.2. The highest BCUT2D eigenvalue weighted by atomic mass is 19.4. The summed E-state index contributed by atoms with van der Waals surface area (Å²) in [6.07, 6.45) is 3.34. The van der Waals surface area contributed by atoms with Crippen molar-refractivity contribution in [3.63, 3.8) is 0 Å². The molecule has 0 bridgehead atoms. The maximum absolute atomic E-state index is 14.1. The Balaban J connectivity index is 1.24. The second-order valence-corrected chi connectivity index (χ2v) is 12.7. The van der Waals surface area contributed by atoms with E-state index in [2.05, 4.69) is 32.0 Å². The molecule has 1 amide bonds. The van der Waals surface area contributed by atoms with Crippen molar-refractivity contribution in [2.75, 3.05) is 44.3 Å². The third-order valence-electron chi connectivity index (χ3n) is 9.47. The monoisotopic (exact) mass is 632 g/mol. The number of nitrogens with one attached hydrogen (secondary N) is 1. The van der Waals surface area contributed by atoms with Crippen LogP contribution in [0.15, 0.2) is 47.3 Å². The zero-order valence-corrected chi connectivity index (χ0v) is 26.4. The van der Waals surface area contributed by atoms with Crippen LogP contribution in [0.2, 0.25) is 0 Å². The first-order valence-corrected chi connectivity index (χ1v) is 15.8. The minimum atomic E-state index is -4.55. The molecular weight excluding hydrogens is 593 g/mol. The Kier molecular flexibility index (Phi) is 8.90. The number of nitrogens with two attached hydrogens (primary N) is 1. The lowest BCUT2D eigenvalue weighted by Crippen LogP contribution is -2.44. The number of aromatic nitrogens is 4. The molecule has 46 heavy (non-hydrogen) atoms. The van der Waals surface area contributed by atoms with Gasteiger partial charge in [-0.15, -0.1) is 0 Å². The van der Waals surface area contributed by atoms with Crippen LogP contribution in [0.5, 0.6) is 0 Å². The lowest BCUT2D eigenvalue weighted by molar-refractivity contribution is -0.138. The summed E-state index contributed by atoms with van der Waals surface area (Å²) < 4.78 is 44.3. The zero-order valence-electron chi connectivity index (χ0n) is 26.4. The van der Waals surface area contributed by atoms with E-state index in [0.29, 0.717) is 53.2 Å².